The van der Waals surface area contributed by atoms with Gasteiger partial charge < -0.3 is 37.9 Å². The number of methoxy groups -OCH3 is 4. The molecule has 328 valence electrons. The molecule has 0 amide bonds. The van der Waals surface area contributed by atoms with Crippen LogP contribution in [0.15, 0.2) is 72.8 Å². The van der Waals surface area contributed by atoms with E-state index in [-0.39, 0.29) is 22.6 Å². The van der Waals surface area contributed by atoms with Gasteiger partial charge >= 0.3 is 0 Å². The van der Waals surface area contributed by atoms with Crippen molar-refractivity contribution in [2.75, 3.05) is 28.4 Å². The number of carbonyl (C=O) groups is 1. The number of ether oxygens (including phenoxy) is 8. The Morgan fingerprint density at radius 2 is 0.984 bits per heavy atom. The van der Waals surface area contributed by atoms with E-state index in [1.54, 1.807) is 28.4 Å². The number of fused-ring (bicyclic) bond motifs is 4. The van der Waals surface area contributed by atoms with Gasteiger partial charge in [-0.15, -0.1) is 0 Å². The van der Waals surface area contributed by atoms with Crippen LogP contribution in [0.2, 0.25) is 0 Å². The van der Waals surface area contributed by atoms with E-state index in [1.807, 2.05) is 149 Å². The number of allylic oxidation sites excluding steroid dienone is 1. The highest BCUT2D eigenvalue weighted by Crippen LogP contribution is 2.46. The molecule has 0 atom stereocenters. The summed E-state index contributed by atoms with van der Waals surface area (Å²) in [6.07, 6.45) is 12.2. The number of aryl methyl sites for hydroxylation is 1. The third kappa shape index (κ3) is 9.71. The van der Waals surface area contributed by atoms with Crippen LogP contribution in [0, 0.1) is 20.8 Å². The van der Waals surface area contributed by atoms with Crippen molar-refractivity contribution in [3.05, 3.63) is 117 Å². The molecule has 4 aliphatic rings. The van der Waals surface area contributed by atoms with E-state index < -0.39 is 5.60 Å². The second-order valence-corrected chi connectivity index (χ2v) is 18.7. The lowest BCUT2D eigenvalue weighted by molar-refractivity contribution is 0.104. The zero-order chi connectivity index (χ0) is 45.5. The Labute approximate surface area is 375 Å². The number of benzene rings is 4. The Bertz CT molecular complexity index is 2530. The molecule has 9 nitrogen and oxygen atoms in total. The van der Waals surface area contributed by atoms with Crippen LogP contribution in [0.3, 0.4) is 0 Å². The minimum absolute atomic E-state index is 0.0305. The molecule has 0 unspecified atom stereocenters. The first-order valence-electron chi connectivity index (χ1n) is 20.6. The molecular weight excluding hydrogens is 848 g/mol. The average Bonchev–Trinajstić information content (AvgIpc) is 3.19. The van der Waals surface area contributed by atoms with Gasteiger partial charge in [0.25, 0.3) is 0 Å². The van der Waals surface area contributed by atoms with Crippen molar-refractivity contribution >= 4 is 43.9 Å². The third-order valence-electron chi connectivity index (χ3n) is 10.9. The van der Waals surface area contributed by atoms with Crippen molar-refractivity contribution in [1.82, 2.24) is 0 Å². The summed E-state index contributed by atoms with van der Waals surface area (Å²) in [7, 11) is 6.56. The summed E-state index contributed by atoms with van der Waals surface area (Å²) in [5.41, 5.74) is 6.61. The largest absolute Gasteiger partial charge is 0.496 e. The average molecular weight is 908 g/mol. The molecule has 0 bridgehead atoms. The van der Waals surface area contributed by atoms with Crippen molar-refractivity contribution in [3.8, 4) is 46.0 Å². The highest BCUT2D eigenvalue weighted by atomic mass is 79.9. The van der Waals surface area contributed by atoms with Crippen molar-refractivity contribution < 1.29 is 42.7 Å². The van der Waals surface area contributed by atoms with Crippen molar-refractivity contribution in [1.29, 1.82) is 0 Å². The zero-order valence-corrected chi connectivity index (χ0v) is 40.2. The van der Waals surface area contributed by atoms with Gasteiger partial charge in [-0.1, -0.05) is 28.1 Å². The van der Waals surface area contributed by atoms with Crippen LogP contribution in [0.5, 0.6) is 46.0 Å². The topological polar surface area (TPSA) is 90.9 Å². The molecule has 4 aliphatic heterocycles. The van der Waals surface area contributed by atoms with Crippen molar-refractivity contribution in [3.63, 3.8) is 0 Å². The minimum Gasteiger partial charge on any atom is -0.496 e. The van der Waals surface area contributed by atoms with E-state index in [0.717, 1.165) is 72.2 Å². The Morgan fingerprint density at radius 1 is 0.516 bits per heavy atom. The van der Waals surface area contributed by atoms with E-state index in [9.17, 15) is 4.79 Å². The van der Waals surface area contributed by atoms with E-state index >= 15 is 0 Å². The van der Waals surface area contributed by atoms with Gasteiger partial charge in [-0.05, 0) is 154 Å². The molecule has 4 aromatic carbocycles. The molecule has 4 heterocycles. The number of ketones is 1. The van der Waals surface area contributed by atoms with Crippen LogP contribution < -0.4 is 37.9 Å². The summed E-state index contributed by atoms with van der Waals surface area (Å²) in [6, 6.07) is 15.3. The number of Topliss-reactive ketones (excluding diaryl/α,β-unsaturated/α-hetero) is 1. The lowest BCUT2D eigenvalue weighted by Gasteiger charge is -2.32. The fraction of sp³-hybridized carbons (Fsp3) is 0.365. The van der Waals surface area contributed by atoms with E-state index in [2.05, 4.69) is 28.1 Å². The summed E-state index contributed by atoms with van der Waals surface area (Å²) in [4.78, 5) is 13.7. The zero-order valence-electron chi connectivity index (χ0n) is 38.6. The van der Waals surface area contributed by atoms with Gasteiger partial charge in [-0.2, -0.15) is 0 Å². The first kappa shape index (κ1) is 45.9. The second kappa shape index (κ2) is 17.3. The monoisotopic (exact) mass is 906 g/mol. The highest BCUT2D eigenvalue weighted by Gasteiger charge is 2.33. The van der Waals surface area contributed by atoms with E-state index in [0.29, 0.717) is 28.4 Å². The number of hydrogen-bond acceptors (Lipinski definition) is 9. The molecule has 62 heavy (non-hydrogen) atoms. The standard InChI is InChI=1S/C26H28O4.C13H15BrO3.C13H16O2/c1-15-12-23-19(13-22(15)28-7)20(14-26(5,6)30-23)24(27)18-8-9-21-17(16(18)2)10-11-25(3,4)29-21;1-13(2)7-9(14)8-5-11(15-3)12(16-4)6-10(8)17-13;1-9-10-7-8-13(2,3)15-12(10)6-5-11(9)14-4/h8-14H,1-7H3;5-7H,1-4H3;5-8H,1-4H3. The molecule has 0 aromatic heterocycles. The maximum Gasteiger partial charge on any atom is 0.193 e. The Kier molecular flexibility index (Phi) is 12.8. The lowest BCUT2D eigenvalue weighted by atomic mass is 9.86. The third-order valence-corrected chi connectivity index (χ3v) is 11.6. The fourth-order valence-corrected chi connectivity index (χ4v) is 8.59. The van der Waals surface area contributed by atoms with Crippen molar-refractivity contribution in [2.24, 2.45) is 0 Å². The predicted octanol–water partition coefficient (Wildman–Crippen LogP) is 12.7. The van der Waals surface area contributed by atoms with Crippen LogP contribution in [-0.4, -0.2) is 56.6 Å². The normalized spacial score (nSPS) is 17.2. The van der Waals surface area contributed by atoms with Crippen LogP contribution in [0.4, 0.5) is 0 Å². The van der Waals surface area contributed by atoms with Gasteiger partial charge in [-0.25, -0.2) is 0 Å². The molecule has 0 N–H and O–H groups in total. The van der Waals surface area contributed by atoms with E-state index in [1.165, 1.54) is 0 Å². The Balaban J connectivity index is 0.000000170. The molecule has 0 radical (unpaired) electrons. The predicted molar refractivity (Wildman–Crippen MR) is 252 cm³/mol. The SMILES string of the molecule is COc1cc2c(cc1C)OC(C)(C)C=C2C(=O)c1ccc2c(c1C)C=CC(C)(C)O2.COc1cc2c(cc1OC)C(Br)=CC(C)(C)O2.COc1ccc2c(c1C)C=CC(C)(C)O2. The highest BCUT2D eigenvalue weighted by molar-refractivity contribution is 9.15. The van der Waals surface area contributed by atoms with Gasteiger partial charge in [0.15, 0.2) is 17.3 Å². The summed E-state index contributed by atoms with van der Waals surface area (Å²) in [6.45, 7) is 22.0. The summed E-state index contributed by atoms with van der Waals surface area (Å²) in [5, 5.41) is 0. The van der Waals surface area contributed by atoms with Crippen molar-refractivity contribution in [2.45, 2.75) is 98.6 Å². The maximum atomic E-state index is 13.7. The number of halogens is 1. The molecule has 0 fully saturated rings. The second-order valence-electron chi connectivity index (χ2n) is 17.8. The first-order chi connectivity index (χ1) is 29.0. The molecule has 10 heteroatoms. The molecule has 0 saturated heterocycles. The number of carbonyl (C=O) groups excluding carboxylic acids is 1. The fourth-order valence-electron chi connectivity index (χ4n) is 7.72. The molecule has 8 rings (SSSR count). The summed E-state index contributed by atoms with van der Waals surface area (Å²) in [5.74, 6) is 6.20. The summed E-state index contributed by atoms with van der Waals surface area (Å²) >= 11 is 3.56. The van der Waals surface area contributed by atoms with Gasteiger partial charge in [0.05, 0.1) is 28.4 Å². The smallest absolute Gasteiger partial charge is 0.193 e. The molecule has 0 spiro atoms. The van der Waals surface area contributed by atoms with Gasteiger partial charge in [-0.3, -0.25) is 4.79 Å². The van der Waals surface area contributed by atoms with Crippen LogP contribution >= 0.6 is 15.9 Å². The number of hydrogen-bond donors (Lipinski definition) is 0. The van der Waals surface area contributed by atoms with Gasteiger partial charge in [0, 0.05) is 49.5 Å². The number of rotatable bonds is 6. The van der Waals surface area contributed by atoms with Crippen LogP contribution in [0.1, 0.15) is 105 Å². The summed E-state index contributed by atoms with van der Waals surface area (Å²) < 4.78 is 46.3. The minimum atomic E-state index is -0.589. The lowest BCUT2D eigenvalue weighted by Crippen LogP contribution is -2.30. The Hall–Kier alpha value is -5.61. The van der Waals surface area contributed by atoms with Gasteiger partial charge in [0.2, 0.25) is 0 Å². The quantitative estimate of drug-likeness (QED) is 0.175. The maximum absolute atomic E-state index is 13.7. The van der Waals surface area contributed by atoms with Crippen LogP contribution in [-0.2, 0) is 0 Å². The molecule has 0 saturated carbocycles. The van der Waals surface area contributed by atoms with Gasteiger partial charge in [0.1, 0.15) is 56.9 Å². The van der Waals surface area contributed by atoms with E-state index in [4.69, 9.17) is 37.9 Å². The van der Waals surface area contributed by atoms with Crippen LogP contribution in [0.25, 0.3) is 22.2 Å². The molecular formula is C52H59BrO9. The first-order valence-corrected chi connectivity index (χ1v) is 21.4. The Morgan fingerprint density at radius 3 is 1.55 bits per heavy atom. The molecule has 0 aliphatic carbocycles. The molecule has 4 aromatic rings.